The summed E-state index contributed by atoms with van der Waals surface area (Å²) in [4.78, 5) is 0. The Balaban J connectivity index is 0. The van der Waals surface area contributed by atoms with E-state index < -0.39 is 10.1 Å². The van der Waals surface area contributed by atoms with Gasteiger partial charge in [-0.25, -0.2) is 0 Å². The quantitative estimate of drug-likeness (QED) is 0.0781. The summed E-state index contributed by atoms with van der Waals surface area (Å²) in [7, 11) is -3.35. The zero-order valence-corrected chi connectivity index (χ0v) is 24.3. The van der Waals surface area contributed by atoms with Gasteiger partial charge in [0.05, 0.1) is 19.0 Å². The lowest BCUT2D eigenvalue weighted by molar-refractivity contribution is 0.305. The number of alkyl halides is 1. The second kappa shape index (κ2) is 30.0. The van der Waals surface area contributed by atoms with Crippen LogP contribution in [0.4, 0.5) is 4.39 Å². The Morgan fingerprint density at radius 3 is 1.17 bits per heavy atom. The maximum absolute atomic E-state index is 12.0. The third-order valence-electron chi connectivity index (χ3n) is 6.79. The Morgan fingerprint density at radius 1 is 0.486 bits per heavy atom. The predicted octanol–water partition coefficient (Wildman–Crippen LogP) is 10.2. The molecule has 0 fully saturated rings. The molecule has 0 atom stereocenters. The minimum absolute atomic E-state index is 0. The number of halogens is 1. The van der Waals surface area contributed by atoms with Gasteiger partial charge in [-0.3, -0.25) is 8.57 Å². The minimum atomic E-state index is -3.35. The Bertz CT molecular complexity index is 488. The van der Waals surface area contributed by atoms with Crippen molar-refractivity contribution in [3.8, 4) is 0 Å². The van der Waals surface area contributed by atoms with E-state index in [1.165, 1.54) is 103 Å². The van der Waals surface area contributed by atoms with Crippen LogP contribution in [-0.2, 0) is 14.3 Å². The van der Waals surface area contributed by atoms with Crippen LogP contribution in [0.3, 0.4) is 0 Å². The molecule has 35 heavy (non-hydrogen) atoms. The lowest BCUT2D eigenvalue weighted by Gasteiger charge is -2.06. The summed E-state index contributed by atoms with van der Waals surface area (Å²) in [6.45, 7) is 2.42. The summed E-state index contributed by atoms with van der Waals surface area (Å²) in [6, 6.07) is 0. The van der Waals surface area contributed by atoms with Gasteiger partial charge < -0.3 is 6.15 Å². The first-order valence-electron chi connectivity index (χ1n) is 15.1. The van der Waals surface area contributed by atoms with Crippen LogP contribution in [0.25, 0.3) is 0 Å². The molecule has 0 aliphatic heterocycles. The zero-order valence-electron chi connectivity index (χ0n) is 23.5. The van der Waals surface area contributed by atoms with Crippen molar-refractivity contribution < 1.29 is 17.0 Å². The molecule has 0 saturated heterocycles. The molecule has 214 valence electrons. The van der Waals surface area contributed by atoms with Crippen molar-refractivity contribution in [2.75, 3.05) is 19.0 Å². The highest BCUT2D eigenvalue weighted by Gasteiger charge is 2.10. The van der Waals surface area contributed by atoms with Crippen LogP contribution in [0.5, 0.6) is 0 Å². The smallest absolute Gasteiger partial charge is 0.267 e. The fourth-order valence-corrected chi connectivity index (χ4v) is 5.55. The molecular formula is C29H62FNO3S. The summed E-state index contributed by atoms with van der Waals surface area (Å²) < 4.78 is 41.1. The third kappa shape index (κ3) is 31.8. The van der Waals surface area contributed by atoms with E-state index >= 15 is 0 Å². The topological polar surface area (TPSA) is 78.4 Å². The molecule has 0 saturated carbocycles. The van der Waals surface area contributed by atoms with Gasteiger partial charge in [0.2, 0.25) is 0 Å². The van der Waals surface area contributed by atoms with Crippen LogP contribution >= 0.6 is 0 Å². The number of hydrogen-bond acceptors (Lipinski definition) is 4. The minimum Gasteiger partial charge on any atom is -0.344 e. The monoisotopic (exact) mass is 523 g/mol. The normalized spacial score (nSPS) is 11.6. The summed E-state index contributed by atoms with van der Waals surface area (Å²) in [6.07, 6.45) is 30.1. The first-order valence-corrected chi connectivity index (χ1v) is 16.6. The summed E-state index contributed by atoms with van der Waals surface area (Å²) in [5, 5.41) is 0. The Kier molecular flexibility index (Phi) is 31.7. The Labute approximate surface area is 219 Å². The Morgan fingerprint density at radius 2 is 0.800 bits per heavy atom. The van der Waals surface area contributed by atoms with Crippen molar-refractivity contribution in [2.24, 2.45) is 0 Å². The lowest BCUT2D eigenvalue weighted by atomic mass is 10.0. The van der Waals surface area contributed by atoms with Gasteiger partial charge in [-0.1, -0.05) is 148 Å². The van der Waals surface area contributed by atoms with Crippen molar-refractivity contribution in [3.63, 3.8) is 0 Å². The molecule has 0 heterocycles. The third-order valence-corrected chi connectivity index (χ3v) is 8.10. The largest absolute Gasteiger partial charge is 0.344 e. The van der Waals surface area contributed by atoms with Crippen molar-refractivity contribution in [3.05, 3.63) is 0 Å². The molecular weight excluding hydrogens is 461 g/mol. The second-order valence-corrected chi connectivity index (χ2v) is 12.0. The maximum atomic E-state index is 12.0. The summed E-state index contributed by atoms with van der Waals surface area (Å²) in [5.74, 6) is 0.155. The molecule has 0 aliphatic carbocycles. The van der Waals surface area contributed by atoms with Crippen molar-refractivity contribution >= 4 is 10.1 Å². The Hall–Kier alpha value is -0.200. The van der Waals surface area contributed by atoms with Crippen molar-refractivity contribution in [1.82, 2.24) is 6.15 Å². The highest BCUT2D eigenvalue weighted by Crippen LogP contribution is 2.14. The standard InChI is InChI=1S/C29H59FO3S.H3N/c1-2-3-4-5-6-7-8-9-10-11-12-13-16-19-22-25-28-33-34(31,32)29-26-23-20-17-14-15-18-21-24-27-30;/h2-29H2,1H3;1H3. The average molecular weight is 524 g/mol. The molecule has 0 aliphatic rings. The van der Waals surface area contributed by atoms with E-state index in [0.717, 1.165) is 44.9 Å². The molecule has 0 spiro atoms. The van der Waals surface area contributed by atoms with E-state index in [0.29, 0.717) is 19.4 Å². The van der Waals surface area contributed by atoms with E-state index in [2.05, 4.69) is 6.92 Å². The van der Waals surface area contributed by atoms with E-state index in [-0.39, 0.29) is 18.6 Å². The van der Waals surface area contributed by atoms with Crippen LogP contribution in [0.2, 0.25) is 0 Å². The maximum Gasteiger partial charge on any atom is 0.267 e. The first-order chi connectivity index (χ1) is 16.6. The van der Waals surface area contributed by atoms with Crippen LogP contribution in [-0.4, -0.2) is 27.5 Å². The second-order valence-electron chi connectivity index (χ2n) is 10.3. The van der Waals surface area contributed by atoms with Crippen LogP contribution in [0, 0.1) is 0 Å². The molecule has 0 unspecified atom stereocenters. The SMILES string of the molecule is CCCCCCCCCCCCCCCCCCOS(=O)(=O)CCCCCCCCCCCF.N. The molecule has 0 aromatic rings. The highest BCUT2D eigenvalue weighted by atomic mass is 32.2. The molecule has 6 heteroatoms. The molecule has 0 aromatic carbocycles. The highest BCUT2D eigenvalue weighted by molar-refractivity contribution is 7.86. The van der Waals surface area contributed by atoms with E-state index in [4.69, 9.17) is 4.18 Å². The van der Waals surface area contributed by atoms with E-state index in [1.54, 1.807) is 0 Å². The number of hydrogen-bond donors (Lipinski definition) is 1. The lowest BCUT2D eigenvalue weighted by Crippen LogP contribution is -2.11. The van der Waals surface area contributed by atoms with Gasteiger partial charge >= 0.3 is 0 Å². The first kappa shape index (κ1) is 37.0. The molecule has 0 amide bonds. The van der Waals surface area contributed by atoms with Crippen molar-refractivity contribution in [2.45, 2.75) is 167 Å². The van der Waals surface area contributed by atoms with Crippen molar-refractivity contribution in [1.29, 1.82) is 0 Å². The molecule has 4 nitrogen and oxygen atoms in total. The molecule has 0 rings (SSSR count). The summed E-state index contributed by atoms with van der Waals surface area (Å²) >= 11 is 0. The molecule has 3 N–H and O–H groups in total. The van der Waals surface area contributed by atoms with Crippen LogP contribution in [0.15, 0.2) is 0 Å². The molecule has 0 bridgehead atoms. The van der Waals surface area contributed by atoms with Gasteiger partial charge in [-0.05, 0) is 19.3 Å². The van der Waals surface area contributed by atoms with Gasteiger partial charge in [-0.15, -0.1) is 0 Å². The fraction of sp³-hybridized carbons (Fsp3) is 1.00. The van der Waals surface area contributed by atoms with Gasteiger partial charge in [0.25, 0.3) is 10.1 Å². The van der Waals surface area contributed by atoms with E-state index in [1.807, 2.05) is 0 Å². The van der Waals surface area contributed by atoms with Crippen LogP contribution in [0.1, 0.15) is 167 Å². The van der Waals surface area contributed by atoms with Crippen LogP contribution < -0.4 is 6.15 Å². The molecule has 0 radical (unpaired) electrons. The number of rotatable bonds is 29. The summed E-state index contributed by atoms with van der Waals surface area (Å²) in [5.41, 5.74) is 0. The van der Waals surface area contributed by atoms with Gasteiger partial charge in [0.1, 0.15) is 0 Å². The number of unbranched alkanes of at least 4 members (excludes halogenated alkanes) is 23. The van der Waals surface area contributed by atoms with Gasteiger partial charge in [0.15, 0.2) is 0 Å². The predicted molar refractivity (Wildman–Crippen MR) is 152 cm³/mol. The molecule has 0 aromatic heterocycles. The van der Waals surface area contributed by atoms with Gasteiger partial charge in [0, 0.05) is 0 Å². The zero-order chi connectivity index (χ0) is 25.0. The fourth-order valence-electron chi connectivity index (χ4n) is 4.51. The average Bonchev–Trinajstić information content (AvgIpc) is 2.82. The van der Waals surface area contributed by atoms with Gasteiger partial charge in [-0.2, -0.15) is 8.42 Å². The van der Waals surface area contributed by atoms with E-state index in [9.17, 15) is 12.8 Å².